The Kier molecular flexibility index (Phi) is 8.77. The number of sulfone groups is 1. The summed E-state index contributed by atoms with van der Waals surface area (Å²) in [5.41, 5.74) is 4.19. The van der Waals surface area contributed by atoms with E-state index < -0.39 is 20.5 Å². The first kappa shape index (κ1) is 27.3. The van der Waals surface area contributed by atoms with Crippen LogP contribution in [0, 0.1) is 0 Å². The highest BCUT2D eigenvalue weighted by atomic mass is 32.2. The Balaban J connectivity index is 1.26. The van der Waals surface area contributed by atoms with Crippen molar-refractivity contribution in [2.75, 3.05) is 26.4 Å². The van der Waals surface area contributed by atoms with Crippen LogP contribution in [0.5, 0.6) is 5.75 Å². The number of rotatable bonds is 10. The number of hydrogen-bond acceptors (Lipinski definition) is 7. The molecular formula is C28H30N2O7S. The molecule has 0 aromatic heterocycles. The molecule has 1 heterocycles. The molecule has 3 N–H and O–H groups in total. The number of hydroxylamine groups is 1. The summed E-state index contributed by atoms with van der Waals surface area (Å²) in [6.07, 6.45) is 0.444. The van der Waals surface area contributed by atoms with Gasteiger partial charge < -0.3 is 14.8 Å². The van der Waals surface area contributed by atoms with E-state index in [0.29, 0.717) is 30.9 Å². The number of nitrogens with one attached hydrogen (secondary N) is 2. The van der Waals surface area contributed by atoms with E-state index in [1.807, 2.05) is 42.5 Å². The number of amides is 2. The smallest absolute Gasteiger partial charge is 0.265 e. The number of carbonyl (C=O) groups excluding carboxylic acids is 2. The fraction of sp³-hybridized carbons (Fsp3) is 0.286. The summed E-state index contributed by atoms with van der Waals surface area (Å²) in [5, 5.41) is 12.0. The van der Waals surface area contributed by atoms with Crippen LogP contribution in [0.2, 0.25) is 0 Å². The summed E-state index contributed by atoms with van der Waals surface area (Å²) in [5.74, 6) is -0.678. The van der Waals surface area contributed by atoms with Crippen molar-refractivity contribution in [2.24, 2.45) is 0 Å². The van der Waals surface area contributed by atoms with Gasteiger partial charge >= 0.3 is 0 Å². The molecule has 0 bridgehead atoms. The van der Waals surface area contributed by atoms with Crippen molar-refractivity contribution in [3.05, 3.63) is 84.4 Å². The highest BCUT2D eigenvalue weighted by Gasteiger charge is 2.52. The van der Waals surface area contributed by atoms with Crippen LogP contribution in [0.25, 0.3) is 11.1 Å². The van der Waals surface area contributed by atoms with Gasteiger partial charge in [-0.05, 0) is 66.8 Å². The van der Waals surface area contributed by atoms with Crippen molar-refractivity contribution in [3.8, 4) is 16.9 Å². The van der Waals surface area contributed by atoms with Gasteiger partial charge in [0.2, 0.25) is 0 Å². The first-order valence-electron chi connectivity index (χ1n) is 12.3. The third-order valence-electron chi connectivity index (χ3n) is 6.59. The zero-order valence-corrected chi connectivity index (χ0v) is 21.6. The Bertz CT molecular complexity index is 1340. The Labute approximate surface area is 221 Å². The van der Waals surface area contributed by atoms with Crippen LogP contribution in [0.3, 0.4) is 0 Å². The van der Waals surface area contributed by atoms with Crippen molar-refractivity contribution in [1.82, 2.24) is 10.8 Å². The van der Waals surface area contributed by atoms with Crippen LogP contribution in [0.1, 0.15) is 29.6 Å². The highest BCUT2D eigenvalue weighted by Crippen LogP contribution is 2.35. The van der Waals surface area contributed by atoms with Gasteiger partial charge in [0.25, 0.3) is 11.8 Å². The van der Waals surface area contributed by atoms with Gasteiger partial charge in [-0.1, -0.05) is 42.5 Å². The molecule has 0 unspecified atom stereocenters. The van der Waals surface area contributed by atoms with E-state index >= 15 is 0 Å². The summed E-state index contributed by atoms with van der Waals surface area (Å²) in [4.78, 5) is 24.7. The Morgan fingerprint density at radius 1 is 0.895 bits per heavy atom. The second-order valence-electron chi connectivity index (χ2n) is 8.92. The minimum atomic E-state index is -4.09. The maximum atomic E-state index is 13.3. The lowest BCUT2D eigenvalue weighted by Gasteiger charge is -2.34. The number of hydrogen-bond donors (Lipinski definition) is 3. The van der Waals surface area contributed by atoms with Crippen molar-refractivity contribution >= 4 is 21.7 Å². The molecule has 10 heteroatoms. The van der Waals surface area contributed by atoms with Crippen LogP contribution < -0.4 is 15.5 Å². The third-order valence-corrected chi connectivity index (χ3v) is 9.11. The minimum absolute atomic E-state index is 0.0408. The van der Waals surface area contributed by atoms with Gasteiger partial charge in [-0.15, -0.1) is 0 Å². The average molecular weight is 539 g/mol. The second kappa shape index (κ2) is 12.2. The molecule has 9 nitrogen and oxygen atoms in total. The molecular weight excluding hydrogens is 508 g/mol. The third kappa shape index (κ3) is 5.88. The highest BCUT2D eigenvalue weighted by molar-refractivity contribution is 7.93. The topological polar surface area (TPSA) is 131 Å². The van der Waals surface area contributed by atoms with Crippen LogP contribution in [0.15, 0.2) is 83.8 Å². The Hall–Kier alpha value is -3.73. The summed E-state index contributed by atoms with van der Waals surface area (Å²) in [7, 11) is -4.09. The van der Waals surface area contributed by atoms with E-state index in [1.165, 1.54) is 29.7 Å². The fourth-order valence-corrected chi connectivity index (χ4v) is 6.31. The predicted octanol–water partition coefficient (Wildman–Crippen LogP) is 3.38. The minimum Gasteiger partial charge on any atom is -0.494 e. The lowest BCUT2D eigenvalue weighted by molar-refractivity contribution is -0.134. The standard InChI is InChI=1S/C28H30N2O7S/c31-26(23-9-7-22(8-10-23)21-5-2-1-3-6-21)29-17-4-18-37-24-11-13-25(14-12-24)38(34,35)28(27(32)30-33)15-19-36-20-16-28/h1-3,5-14,33H,4,15-20H2,(H,29,31)(H,30,32). The van der Waals surface area contributed by atoms with Crippen molar-refractivity contribution in [2.45, 2.75) is 28.9 Å². The van der Waals surface area contributed by atoms with Gasteiger partial charge in [-0.3, -0.25) is 14.8 Å². The van der Waals surface area contributed by atoms with Crippen LogP contribution in [-0.4, -0.2) is 56.6 Å². The van der Waals surface area contributed by atoms with Gasteiger partial charge in [0.1, 0.15) is 5.75 Å². The molecule has 3 aromatic rings. The molecule has 3 aromatic carbocycles. The molecule has 0 aliphatic carbocycles. The van der Waals surface area contributed by atoms with Crippen molar-refractivity contribution in [3.63, 3.8) is 0 Å². The van der Waals surface area contributed by atoms with E-state index in [1.54, 1.807) is 12.1 Å². The molecule has 4 rings (SSSR count). The number of carbonyl (C=O) groups is 2. The molecule has 1 aliphatic heterocycles. The quantitative estimate of drug-likeness (QED) is 0.205. The molecule has 0 radical (unpaired) electrons. The number of benzene rings is 3. The molecule has 0 spiro atoms. The molecule has 200 valence electrons. The van der Waals surface area contributed by atoms with Gasteiger partial charge in [-0.25, -0.2) is 13.9 Å². The molecule has 1 saturated heterocycles. The predicted molar refractivity (Wildman–Crippen MR) is 141 cm³/mol. The monoisotopic (exact) mass is 538 g/mol. The molecule has 0 saturated carbocycles. The van der Waals surface area contributed by atoms with E-state index in [2.05, 4.69) is 5.32 Å². The molecule has 1 aliphatic rings. The van der Waals surface area contributed by atoms with E-state index in [-0.39, 0.29) is 36.9 Å². The summed E-state index contributed by atoms with van der Waals surface area (Å²) in [6.45, 7) is 0.923. The molecule has 0 atom stereocenters. The first-order chi connectivity index (χ1) is 18.4. The van der Waals surface area contributed by atoms with Crippen LogP contribution >= 0.6 is 0 Å². The normalized spacial score (nSPS) is 14.9. The molecule has 38 heavy (non-hydrogen) atoms. The van der Waals surface area contributed by atoms with Crippen LogP contribution in [-0.2, 0) is 19.4 Å². The zero-order chi connectivity index (χ0) is 27.0. The van der Waals surface area contributed by atoms with Crippen molar-refractivity contribution < 1.29 is 32.7 Å². The summed E-state index contributed by atoms with van der Waals surface area (Å²) >= 11 is 0. The maximum absolute atomic E-state index is 13.3. The average Bonchev–Trinajstić information content (AvgIpc) is 2.97. The van der Waals surface area contributed by atoms with E-state index in [4.69, 9.17) is 14.7 Å². The Morgan fingerprint density at radius 2 is 1.53 bits per heavy atom. The van der Waals surface area contributed by atoms with E-state index in [9.17, 15) is 18.0 Å². The van der Waals surface area contributed by atoms with Gasteiger partial charge in [0, 0.05) is 25.3 Å². The molecule has 2 amide bonds. The SMILES string of the molecule is O=C(NCCCOc1ccc(S(=O)(=O)C2(C(=O)NO)CCOCC2)cc1)c1ccc(-c2ccccc2)cc1. The largest absolute Gasteiger partial charge is 0.494 e. The lowest BCUT2D eigenvalue weighted by atomic mass is 9.98. The second-order valence-corrected chi connectivity index (χ2v) is 11.2. The van der Waals surface area contributed by atoms with Gasteiger partial charge in [-0.2, -0.15) is 0 Å². The Morgan fingerprint density at radius 3 is 2.16 bits per heavy atom. The maximum Gasteiger partial charge on any atom is 0.265 e. The summed E-state index contributed by atoms with van der Waals surface area (Å²) < 4.78 is 35.7. The molecule has 1 fully saturated rings. The summed E-state index contributed by atoms with van der Waals surface area (Å²) in [6, 6.07) is 23.1. The van der Waals surface area contributed by atoms with Crippen molar-refractivity contribution in [1.29, 1.82) is 0 Å². The number of ether oxygens (including phenoxy) is 2. The van der Waals surface area contributed by atoms with Crippen LogP contribution in [0.4, 0.5) is 0 Å². The van der Waals surface area contributed by atoms with Gasteiger partial charge in [0.15, 0.2) is 14.6 Å². The van der Waals surface area contributed by atoms with Gasteiger partial charge in [0.05, 0.1) is 11.5 Å². The van der Waals surface area contributed by atoms with E-state index in [0.717, 1.165) is 11.1 Å². The fourth-order valence-electron chi connectivity index (χ4n) is 4.37. The lowest BCUT2D eigenvalue weighted by Crippen LogP contribution is -2.54. The zero-order valence-electron chi connectivity index (χ0n) is 20.8. The first-order valence-corrected chi connectivity index (χ1v) is 13.8.